The molecule has 1 aliphatic rings. The van der Waals surface area contributed by atoms with Crippen LogP contribution in [0.3, 0.4) is 0 Å². The number of carbonyl (C=O) groups is 2. The van der Waals surface area contributed by atoms with Crippen molar-refractivity contribution in [3.8, 4) is 5.69 Å². The maximum absolute atomic E-state index is 12.9. The summed E-state index contributed by atoms with van der Waals surface area (Å²) in [4.78, 5) is 40.5. The highest BCUT2D eigenvalue weighted by Gasteiger charge is 2.31. The average molecular weight is 521 g/mol. The molecule has 7 nitrogen and oxygen atoms in total. The summed E-state index contributed by atoms with van der Waals surface area (Å²) in [6, 6.07) is 19.0. The Labute approximate surface area is 219 Å². The molecule has 0 saturated carbocycles. The zero-order chi connectivity index (χ0) is 25.7. The minimum absolute atomic E-state index is 0.0687. The molecule has 1 aromatic heterocycles. The van der Waals surface area contributed by atoms with E-state index in [1.807, 2.05) is 73.7 Å². The molecule has 0 spiro atoms. The second-order valence-corrected chi connectivity index (χ2v) is 10.2. The van der Waals surface area contributed by atoms with Crippen LogP contribution in [0.15, 0.2) is 70.4 Å². The number of amides is 2. The third kappa shape index (κ3) is 5.68. The van der Waals surface area contributed by atoms with Gasteiger partial charge in [0, 0.05) is 20.0 Å². The molecule has 2 amide bonds. The van der Waals surface area contributed by atoms with Crippen LogP contribution in [0.25, 0.3) is 11.8 Å². The van der Waals surface area contributed by atoms with E-state index in [4.69, 9.17) is 12.2 Å². The van der Waals surface area contributed by atoms with E-state index in [1.165, 1.54) is 11.8 Å². The maximum Gasteiger partial charge on any atom is 0.295 e. The predicted octanol–water partition coefficient (Wildman–Crippen LogP) is 4.88. The van der Waals surface area contributed by atoms with Crippen molar-refractivity contribution in [1.82, 2.24) is 14.3 Å². The van der Waals surface area contributed by atoms with Crippen LogP contribution in [0.2, 0.25) is 0 Å². The number of hydrogen-bond acceptors (Lipinski definition) is 5. The number of aromatic nitrogens is 2. The van der Waals surface area contributed by atoms with E-state index in [0.29, 0.717) is 40.0 Å². The molecule has 0 unspecified atom stereocenters. The lowest BCUT2D eigenvalue weighted by Gasteiger charge is -2.14. The van der Waals surface area contributed by atoms with E-state index in [-0.39, 0.29) is 17.4 Å². The number of nitrogens with one attached hydrogen (secondary N) is 1. The monoisotopic (exact) mass is 520 g/mol. The molecule has 1 aliphatic heterocycles. The highest BCUT2D eigenvalue weighted by atomic mass is 32.2. The summed E-state index contributed by atoms with van der Waals surface area (Å²) in [6.07, 6.45) is 4.32. The van der Waals surface area contributed by atoms with Crippen molar-refractivity contribution in [2.75, 3.05) is 11.9 Å². The molecule has 2 aromatic carbocycles. The molecular formula is C27H28N4O3S2. The summed E-state index contributed by atoms with van der Waals surface area (Å²) in [5.74, 6) is -0.265. The molecule has 2 heterocycles. The van der Waals surface area contributed by atoms with Gasteiger partial charge in [-0.15, -0.1) is 0 Å². The van der Waals surface area contributed by atoms with Crippen LogP contribution in [-0.2, 0) is 16.6 Å². The van der Waals surface area contributed by atoms with E-state index < -0.39 is 0 Å². The van der Waals surface area contributed by atoms with Gasteiger partial charge in [0.15, 0.2) is 0 Å². The molecule has 9 heteroatoms. The molecule has 3 aromatic rings. The zero-order valence-electron chi connectivity index (χ0n) is 20.3. The summed E-state index contributed by atoms with van der Waals surface area (Å²) in [6.45, 7) is 2.34. The number of hydrogen-bond donors (Lipinski definition) is 1. The summed E-state index contributed by atoms with van der Waals surface area (Å²) in [5, 5.41) is 2.80. The number of thioether (sulfide) groups is 1. The number of anilines is 1. The summed E-state index contributed by atoms with van der Waals surface area (Å²) in [5.41, 5.74) is 2.44. The van der Waals surface area contributed by atoms with Crippen LogP contribution in [0.1, 0.15) is 36.9 Å². The van der Waals surface area contributed by atoms with Gasteiger partial charge < -0.3 is 5.32 Å². The van der Waals surface area contributed by atoms with Gasteiger partial charge in [-0.3, -0.25) is 24.0 Å². The van der Waals surface area contributed by atoms with Gasteiger partial charge in [-0.25, -0.2) is 4.68 Å². The molecule has 0 atom stereocenters. The van der Waals surface area contributed by atoms with Crippen LogP contribution in [-0.4, -0.2) is 36.9 Å². The van der Waals surface area contributed by atoms with Crippen molar-refractivity contribution in [3.63, 3.8) is 0 Å². The first-order chi connectivity index (χ1) is 17.4. The fourth-order valence-electron chi connectivity index (χ4n) is 4.04. The molecule has 186 valence electrons. The Bertz CT molecular complexity index is 1360. The number of carbonyl (C=O) groups excluding carboxylic acids is 2. The third-order valence-electron chi connectivity index (χ3n) is 6.08. The molecule has 0 bridgehead atoms. The van der Waals surface area contributed by atoms with E-state index in [1.54, 1.807) is 21.3 Å². The van der Waals surface area contributed by atoms with Gasteiger partial charge in [-0.05, 0) is 43.5 Å². The Morgan fingerprint density at radius 3 is 2.36 bits per heavy atom. The van der Waals surface area contributed by atoms with Gasteiger partial charge >= 0.3 is 0 Å². The van der Waals surface area contributed by atoms with Crippen LogP contribution >= 0.6 is 24.0 Å². The van der Waals surface area contributed by atoms with Crippen LogP contribution < -0.4 is 10.9 Å². The summed E-state index contributed by atoms with van der Waals surface area (Å²) < 4.78 is 3.84. The highest BCUT2D eigenvalue weighted by Crippen LogP contribution is 2.32. The van der Waals surface area contributed by atoms with Gasteiger partial charge in [0.25, 0.3) is 11.5 Å². The zero-order valence-corrected chi connectivity index (χ0v) is 21.9. The molecular weight excluding hydrogens is 492 g/mol. The van der Waals surface area contributed by atoms with Gasteiger partial charge in [-0.1, -0.05) is 78.9 Å². The number of benzene rings is 2. The summed E-state index contributed by atoms with van der Waals surface area (Å²) in [7, 11) is 1.79. The SMILES string of the molecule is Cc1c(NC(=O)CCCCCN2C(=O)/C(=C\c3ccccc3)SC2=S)c(=O)n(-c2ccccc2)n1C. The Morgan fingerprint density at radius 2 is 1.67 bits per heavy atom. The second-order valence-electron chi connectivity index (χ2n) is 8.54. The summed E-state index contributed by atoms with van der Waals surface area (Å²) >= 11 is 6.73. The number of nitrogens with zero attached hydrogens (tertiary/aromatic N) is 3. The van der Waals surface area contributed by atoms with Crippen molar-refractivity contribution in [1.29, 1.82) is 0 Å². The molecule has 4 rings (SSSR count). The van der Waals surface area contributed by atoms with Gasteiger partial charge in [-0.2, -0.15) is 0 Å². The Hall–Kier alpha value is -3.43. The molecule has 0 radical (unpaired) electrons. The first-order valence-electron chi connectivity index (χ1n) is 11.8. The van der Waals surface area contributed by atoms with E-state index in [2.05, 4.69) is 5.32 Å². The highest BCUT2D eigenvalue weighted by molar-refractivity contribution is 8.26. The van der Waals surface area contributed by atoms with Gasteiger partial charge in [0.1, 0.15) is 10.0 Å². The molecule has 0 aliphatic carbocycles. The Balaban J connectivity index is 1.26. The van der Waals surface area contributed by atoms with Gasteiger partial charge in [0.2, 0.25) is 5.91 Å². The molecule has 1 fully saturated rings. The first kappa shape index (κ1) is 25.7. The average Bonchev–Trinajstić information content (AvgIpc) is 3.26. The fraction of sp³-hybridized carbons (Fsp3) is 0.259. The Morgan fingerprint density at radius 1 is 1.00 bits per heavy atom. The maximum atomic E-state index is 12.9. The second kappa shape index (κ2) is 11.5. The normalized spacial score (nSPS) is 14.6. The smallest absolute Gasteiger partial charge is 0.295 e. The van der Waals surface area contributed by atoms with E-state index in [0.717, 1.165) is 24.1 Å². The number of rotatable bonds is 9. The molecule has 1 N–H and O–H groups in total. The lowest BCUT2D eigenvalue weighted by atomic mass is 10.1. The Kier molecular flexibility index (Phi) is 8.22. The van der Waals surface area contributed by atoms with Crippen molar-refractivity contribution in [2.24, 2.45) is 7.05 Å². The topological polar surface area (TPSA) is 76.3 Å². The minimum Gasteiger partial charge on any atom is -0.320 e. The third-order valence-corrected chi connectivity index (χ3v) is 7.45. The molecule has 1 saturated heterocycles. The lowest BCUT2D eigenvalue weighted by Crippen LogP contribution is -2.29. The first-order valence-corrected chi connectivity index (χ1v) is 13.0. The molecule has 36 heavy (non-hydrogen) atoms. The fourth-order valence-corrected chi connectivity index (χ4v) is 5.35. The van der Waals surface area contributed by atoms with E-state index in [9.17, 15) is 14.4 Å². The van der Waals surface area contributed by atoms with Crippen molar-refractivity contribution in [2.45, 2.75) is 32.6 Å². The lowest BCUT2D eigenvalue weighted by molar-refractivity contribution is -0.122. The number of para-hydroxylation sites is 1. The van der Waals surface area contributed by atoms with Crippen molar-refractivity contribution >= 4 is 51.9 Å². The van der Waals surface area contributed by atoms with Crippen molar-refractivity contribution < 1.29 is 9.59 Å². The standard InChI is InChI=1S/C27H28N4O3S2/c1-19-24(26(34)31(29(19)2)21-14-8-4-9-15-21)28-23(32)16-10-5-11-17-30-25(33)22(36-27(30)35)18-20-12-6-3-7-13-20/h3-4,6-9,12-15,18H,5,10-11,16-17H2,1-2H3,(H,28,32)/b22-18+. The largest absolute Gasteiger partial charge is 0.320 e. The van der Waals surface area contributed by atoms with E-state index >= 15 is 0 Å². The predicted molar refractivity (Wildman–Crippen MR) is 149 cm³/mol. The van der Waals surface area contributed by atoms with Gasteiger partial charge in [0.05, 0.1) is 16.3 Å². The van der Waals surface area contributed by atoms with Crippen molar-refractivity contribution in [3.05, 3.63) is 87.2 Å². The van der Waals surface area contributed by atoms with Crippen LogP contribution in [0.4, 0.5) is 5.69 Å². The van der Waals surface area contributed by atoms with Crippen LogP contribution in [0, 0.1) is 6.92 Å². The minimum atomic E-state index is -0.257. The number of thiocarbonyl (C=S) groups is 1. The number of unbranched alkanes of at least 4 members (excludes halogenated alkanes) is 2. The quantitative estimate of drug-likeness (QED) is 0.247. The van der Waals surface area contributed by atoms with Crippen LogP contribution in [0.5, 0.6) is 0 Å².